The first kappa shape index (κ1) is 15.1. The zero-order valence-electron chi connectivity index (χ0n) is 12.4. The van der Waals surface area contributed by atoms with Gasteiger partial charge in [0.05, 0.1) is 7.11 Å². The van der Waals surface area contributed by atoms with Crippen LogP contribution in [0.1, 0.15) is 27.4 Å². The van der Waals surface area contributed by atoms with Gasteiger partial charge in [0.2, 0.25) is 0 Å². The highest BCUT2D eigenvalue weighted by atomic mass is 16.5. The second-order valence-electron chi connectivity index (χ2n) is 4.64. The third-order valence-electron chi connectivity index (χ3n) is 3.06. The predicted octanol–water partition coefficient (Wildman–Crippen LogP) is 2.67. The number of carbonyl (C=O) groups is 1. The van der Waals surface area contributed by atoms with E-state index in [0.717, 1.165) is 12.3 Å². The van der Waals surface area contributed by atoms with Gasteiger partial charge in [0.15, 0.2) is 0 Å². The maximum Gasteiger partial charge on any atom is 0.341 e. The van der Waals surface area contributed by atoms with E-state index in [0.29, 0.717) is 17.1 Å². The Labute approximate surface area is 123 Å². The summed E-state index contributed by atoms with van der Waals surface area (Å²) in [6, 6.07) is 9.46. The maximum atomic E-state index is 11.5. The molecule has 0 saturated heterocycles. The van der Waals surface area contributed by atoms with Crippen LogP contribution in [-0.2, 0) is 17.9 Å². The van der Waals surface area contributed by atoms with E-state index in [2.05, 4.69) is 10.1 Å². The van der Waals surface area contributed by atoms with Gasteiger partial charge in [-0.2, -0.15) is 0 Å². The van der Waals surface area contributed by atoms with E-state index in [4.69, 9.17) is 9.15 Å². The Morgan fingerprint density at radius 2 is 2.00 bits per heavy atom. The first-order valence-electron chi connectivity index (χ1n) is 6.68. The molecule has 0 atom stereocenters. The van der Waals surface area contributed by atoms with Gasteiger partial charge >= 0.3 is 5.97 Å². The molecule has 112 valence electrons. The number of hydrogen-bond acceptors (Lipinski definition) is 5. The van der Waals surface area contributed by atoms with E-state index >= 15 is 0 Å². The molecular formula is C16H19NO4. The molecule has 2 aromatic rings. The van der Waals surface area contributed by atoms with Gasteiger partial charge in [0, 0.05) is 6.54 Å². The Bertz CT molecular complexity index is 601. The average Bonchev–Trinajstić information content (AvgIpc) is 2.87. The lowest BCUT2D eigenvalue weighted by Gasteiger charge is -2.05. The molecule has 21 heavy (non-hydrogen) atoms. The van der Waals surface area contributed by atoms with Crippen molar-refractivity contribution in [2.24, 2.45) is 0 Å². The van der Waals surface area contributed by atoms with Crippen LogP contribution in [0, 0.1) is 6.92 Å². The number of esters is 1. The number of hydrogen-bond donors (Lipinski definition) is 1. The van der Waals surface area contributed by atoms with Crippen molar-refractivity contribution >= 4 is 5.97 Å². The molecule has 1 aromatic carbocycles. The first-order valence-corrected chi connectivity index (χ1v) is 6.68. The van der Waals surface area contributed by atoms with E-state index in [1.165, 1.54) is 12.7 Å². The van der Waals surface area contributed by atoms with Crippen molar-refractivity contribution in [3.8, 4) is 5.75 Å². The van der Waals surface area contributed by atoms with E-state index in [1.807, 2.05) is 31.3 Å². The SMILES string of the molecule is CNCc1ccc(OCc2cc(C(=O)OC)c(C)o2)cc1. The van der Waals surface area contributed by atoms with Gasteiger partial charge in [0.25, 0.3) is 0 Å². The molecule has 0 bridgehead atoms. The molecule has 0 aliphatic carbocycles. The summed E-state index contributed by atoms with van der Waals surface area (Å²) in [4.78, 5) is 11.5. The van der Waals surface area contributed by atoms with E-state index in [9.17, 15) is 4.79 Å². The van der Waals surface area contributed by atoms with Crippen LogP contribution >= 0.6 is 0 Å². The number of methoxy groups -OCH3 is 1. The summed E-state index contributed by atoms with van der Waals surface area (Å²) in [6.45, 7) is 2.81. The average molecular weight is 289 g/mol. The molecule has 2 rings (SSSR count). The topological polar surface area (TPSA) is 60.7 Å². The molecule has 0 amide bonds. The molecule has 1 heterocycles. The fourth-order valence-electron chi connectivity index (χ4n) is 1.99. The largest absolute Gasteiger partial charge is 0.486 e. The fraction of sp³-hybridized carbons (Fsp3) is 0.312. The number of ether oxygens (including phenoxy) is 2. The highest BCUT2D eigenvalue weighted by Crippen LogP contribution is 2.19. The van der Waals surface area contributed by atoms with Crippen molar-refractivity contribution in [3.05, 3.63) is 53.0 Å². The Morgan fingerprint density at radius 3 is 2.62 bits per heavy atom. The van der Waals surface area contributed by atoms with Crippen molar-refractivity contribution in [2.75, 3.05) is 14.2 Å². The highest BCUT2D eigenvalue weighted by molar-refractivity contribution is 5.90. The van der Waals surface area contributed by atoms with Gasteiger partial charge < -0.3 is 19.2 Å². The first-order chi connectivity index (χ1) is 10.1. The third-order valence-corrected chi connectivity index (χ3v) is 3.06. The molecule has 0 aliphatic heterocycles. The molecule has 0 spiro atoms. The summed E-state index contributed by atoms with van der Waals surface area (Å²) < 4.78 is 15.8. The summed E-state index contributed by atoms with van der Waals surface area (Å²) in [6.07, 6.45) is 0. The minimum atomic E-state index is -0.404. The lowest BCUT2D eigenvalue weighted by molar-refractivity contribution is 0.0599. The summed E-state index contributed by atoms with van der Waals surface area (Å²) in [5.41, 5.74) is 1.62. The van der Waals surface area contributed by atoms with E-state index in [-0.39, 0.29) is 6.61 Å². The normalized spacial score (nSPS) is 10.4. The fourth-order valence-corrected chi connectivity index (χ4v) is 1.99. The van der Waals surface area contributed by atoms with Gasteiger partial charge in [0.1, 0.15) is 29.4 Å². The standard InChI is InChI=1S/C16H19NO4/c1-11-15(16(18)19-3)8-14(21-11)10-20-13-6-4-12(5-7-13)9-17-2/h4-8,17H,9-10H2,1-3H3. The van der Waals surface area contributed by atoms with E-state index < -0.39 is 5.97 Å². The molecule has 0 fully saturated rings. The van der Waals surface area contributed by atoms with Crippen molar-refractivity contribution in [2.45, 2.75) is 20.1 Å². The quantitative estimate of drug-likeness (QED) is 0.828. The van der Waals surface area contributed by atoms with Gasteiger partial charge in [-0.25, -0.2) is 4.79 Å². The number of nitrogens with one attached hydrogen (secondary N) is 1. The lowest BCUT2D eigenvalue weighted by atomic mass is 10.2. The smallest absolute Gasteiger partial charge is 0.341 e. The predicted molar refractivity (Wildman–Crippen MR) is 78.3 cm³/mol. The number of carbonyl (C=O) groups excluding carboxylic acids is 1. The van der Waals surface area contributed by atoms with Crippen LogP contribution in [0.15, 0.2) is 34.7 Å². The zero-order chi connectivity index (χ0) is 15.2. The second-order valence-corrected chi connectivity index (χ2v) is 4.64. The van der Waals surface area contributed by atoms with Gasteiger partial charge in [-0.05, 0) is 37.7 Å². The lowest BCUT2D eigenvalue weighted by Crippen LogP contribution is -2.04. The second kappa shape index (κ2) is 6.95. The molecular weight excluding hydrogens is 270 g/mol. The van der Waals surface area contributed by atoms with Crippen molar-refractivity contribution in [1.82, 2.24) is 5.32 Å². The number of furan rings is 1. The van der Waals surface area contributed by atoms with Crippen molar-refractivity contribution < 1.29 is 18.7 Å². The summed E-state index contributed by atoms with van der Waals surface area (Å²) >= 11 is 0. The van der Waals surface area contributed by atoms with Crippen LogP contribution < -0.4 is 10.1 Å². The zero-order valence-corrected chi connectivity index (χ0v) is 12.4. The minimum absolute atomic E-state index is 0.267. The Balaban J connectivity index is 1.98. The summed E-state index contributed by atoms with van der Waals surface area (Å²) in [5.74, 6) is 1.47. The van der Waals surface area contributed by atoms with E-state index in [1.54, 1.807) is 13.0 Å². The number of rotatable bonds is 6. The summed E-state index contributed by atoms with van der Waals surface area (Å²) in [5, 5.41) is 3.09. The van der Waals surface area contributed by atoms with Crippen molar-refractivity contribution in [3.63, 3.8) is 0 Å². The molecule has 1 N–H and O–H groups in total. The molecule has 5 heteroatoms. The van der Waals surface area contributed by atoms with Gasteiger partial charge in [-0.3, -0.25) is 0 Å². The van der Waals surface area contributed by atoms with Crippen LogP contribution in [0.3, 0.4) is 0 Å². The number of benzene rings is 1. The molecule has 0 radical (unpaired) electrons. The minimum Gasteiger partial charge on any atom is -0.486 e. The van der Waals surface area contributed by atoms with Crippen molar-refractivity contribution in [1.29, 1.82) is 0 Å². The monoisotopic (exact) mass is 289 g/mol. The molecule has 0 saturated carbocycles. The molecule has 0 unspecified atom stereocenters. The highest BCUT2D eigenvalue weighted by Gasteiger charge is 2.15. The van der Waals surface area contributed by atoms with Crippen LogP contribution in [0.5, 0.6) is 5.75 Å². The Morgan fingerprint density at radius 1 is 1.29 bits per heavy atom. The Kier molecular flexibility index (Phi) is 5.00. The van der Waals surface area contributed by atoms with Crippen LogP contribution in [0.2, 0.25) is 0 Å². The van der Waals surface area contributed by atoms with Crippen LogP contribution in [0.25, 0.3) is 0 Å². The molecule has 1 aromatic heterocycles. The maximum absolute atomic E-state index is 11.5. The molecule has 0 aliphatic rings. The van der Waals surface area contributed by atoms with Gasteiger partial charge in [-0.1, -0.05) is 12.1 Å². The van der Waals surface area contributed by atoms with Crippen LogP contribution in [-0.4, -0.2) is 20.1 Å². The number of aryl methyl sites for hydroxylation is 1. The Hall–Kier alpha value is -2.27. The molecule has 5 nitrogen and oxygen atoms in total. The third kappa shape index (κ3) is 3.86. The van der Waals surface area contributed by atoms with Crippen LogP contribution in [0.4, 0.5) is 0 Å². The summed E-state index contributed by atoms with van der Waals surface area (Å²) in [7, 11) is 3.25. The van der Waals surface area contributed by atoms with Gasteiger partial charge in [-0.15, -0.1) is 0 Å².